The van der Waals surface area contributed by atoms with Gasteiger partial charge in [-0.25, -0.2) is 4.98 Å². The lowest BCUT2D eigenvalue weighted by molar-refractivity contribution is -0.0482. The first kappa shape index (κ1) is 35.3. The Labute approximate surface area is 306 Å². The molecule has 3 aromatic heterocycles. The zero-order valence-electron chi connectivity index (χ0n) is 29.6. The van der Waals surface area contributed by atoms with E-state index < -0.39 is 7.14 Å². The maximum atomic E-state index is 13.5. The van der Waals surface area contributed by atoms with Gasteiger partial charge >= 0.3 is 0 Å². The third-order valence-electron chi connectivity index (χ3n) is 9.56. The predicted octanol–water partition coefficient (Wildman–Crippen LogP) is 6.41. The summed E-state index contributed by atoms with van der Waals surface area (Å²) in [5, 5.41) is 11.9. The molecule has 51 heavy (non-hydrogen) atoms. The Morgan fingerprint density at radius 1 is 0.902 bits per heavy atom. The number of benzene rings is 2. The fourth-order valence-corrected chi connectivity index (χ4v) is 8.63. The molecule has 0 spiro atoms. The van der Waals surface area contributed by atoms with Gasteiger partial charge in [0, 0.05) is 80.9 Å². The molecule has 15 heteroatoms. The molecule has 2 saturated heterocycles. The van der Waals surface area contributed by atoms with Gasteiger partial charge in [-0.1, -0.05) is 0 Å². The van der Waals surface area contributed by atoms with Crippen LogP contribution in [0.3, 0.4) is 0 Å². The molecule has 0 atom stereocenters. The molecule has 2 aliphatic rings. The van der Waals surface area contributed by atoms with Gasteiger partial charge in [0.1, 0.15) is 24.2 Å². The third kappa shape index (κ3) is 7.89. The van der Waals surface area contributed by atoms with E-state index >= 15 is 0 Å². The lowest BCUT2D eigenvalue weighted by Gasteiger charge is -2.38. The molecule has 2 N–H and O–H groups in total. The van der Waals surface area contributed by atoms with Crippen LogP contribution in [0.25, 0.3) is 22.2 Å². The second-order valence-corrected chi connectivity index (χ2v) is 17.7. The molecule has 2 fully saturated rings. The maximum Gasteiger partial charge on any atom is 0.229 e. The Kier molecular flexibility index (Phi) is 10.3. The molecule has 13 nitrogen and oxygen atoms in total. The Morgan fingerprint density at radius 3 is 2.31 bits per heavy atom. The quantitative estimate of drug-likeness (QED) is 0.152. The highest BCUT2D eigenvalue weighted by Gasteiger charge is 2.28. The largest absolute Gasteiger partial charge is 0.494 e. The van der Waals surface area contributed by atoms with Gasteiger partial charge < -0.3 is 34.5 Å². The first-order valence-electron chi connectivity index (χ1n) is 17.2. The lowest BCUT2D eigenvalue weighted by Crippen LogP contribution is -2.41. The minimum atomic E-state index is -2.77. The number of methoxy groups -OCH3 is 1. The number of hydrogen-bond donors (Lipinski definition) is 2. The first-order valence-corrected chi connectivity index (χ1v) is 20.6. The van der Waals surface area contributed by atoms with Gasteiger partial charge in [-0.3, -0.25) is 14.6 Å². The molecular weight excluding hydrogens is 731 g/mol. The van der Waals surface area contributed by atoms with Crippen LogP contribution in [0.5, 0.6) is 5.75 Å². The highest BCUT2D eigenvalue weighted by molar-refractivity contribution is 9.10. The SMILES string of the molecule is COc1cc(N2CCC(OC3CCN(C)CC3)CC2)c(-c2cnn(C)c2)cc1Nc1ncc(Br)c(Nc2ccc3nccnc3c2P(C)(C)=O)n1. The van der Waals surface area contributed by atoms with Crippen molar-refractivity contribution in [2.24, 2.45) is 7.05 Å². The standard InChI is InChI=1S/C36H44BrN10O3P/c1-45-14-8-24(9-15-45)50-25-10-16-47(17-11-25)31-19-32(49-3)30(18-26(31)23-20-41-46(2)22-23)43-36-40-21-27(37)35(44-36)42-29-7-6-28-33(39-13-12-38-28)34(29)51(4,5)48/h6-7,12-13,18-22,24-25H,8-11,14-17H2,1-5H3,(H2,40,42,43,44). The summed E-state index contributed by atoms with van der Waals surface area (Å²) in [6.07, 6.45) is 13.6. The smallest absolute Gasteiger partial charge is 0.229 e. The molecule has 0 amide bonds. The molecule has 2 aliphatic heterocycles. The summed E-state index contributed by atoms with van der Waals surface area (Å²) < 4.78 is 28.5. The van der Waals surface area contributed by atoms with Crippen LogP contribution in [0.4, 0.5) is 28.8 Å². The molecule has 0 radical (unpaired) electrons. The second kappa shape index (κ2) is 14.9. The van der Waals surface area contributed by atoms with Crippen molar-refractivity contribution >= 4 is 68.2 Å². The number of rotatable bonds is 10. The number of nitrogens with zero attached hydrogens (tertiary/aromatic N) is 8. The Balaban J connectivity index is 1.16. The lowest BCUT2D eigenvalue weighted by atomic mass is 10.0. The zero-order valence-corrected chi connectivity index (χ0v) is 32.1. The van der Waals surface area contributed by atoms with Gasteiger partial charge in [-0.2, -0.15) is 10.1 Å². The Bertz CT molecular complexity index is 2070. The summed E-state index contributed by atoms with van der Waals surface area (Å²) in [5.41, 5.74) is 5.73. The van der Waals surface area contributed by atoms with Gasteiger partial charge in [0.25, 0.3) is 0 Å². The number of nitrogens with one attached hydrogen (secondary N) is 2. The Morgan fingerprint density at radius 2 is 1.63 bits per heavy atom. The molecule has 5 aromatic rings. The summed E-state index contributed by atoms with van der Waals surface area (Å²) in [7, 11) is 3.00. The number of likely N-dealkylation sites (tertiary alicyclic amines) is 1. The van der Waals surface area contributed by atoms with Gasteiger partial charge in [0.2, 0.25) is 5.95 Å². The average molecular weight is 776 g/mol. The molecule has 0 saturated carbocycles. The molecule has 0 unspecified atom stereocenters. The molecule has 268 valence electrons. The van der Waals surface area contributed by atoms with Crippen molar-refractivity contribution in [2.45, 2.75) is 37.9 Å². The Hall–Kier alpha value is -4.10. The zero-order chi connectivity index (χ0) is 35.7. The van der Waals surface area contributed by atoms with E-state index in [0.29, 0.717) is 55.8 Å². The number of fused-ring (bicyclic) bond motifs is 1. The topological polar surface area (TPSA) is 135 Å². The highest BCUT2D eigenvalue weighted by atomic mass is 79.9. The van der Waals surface area contributed by atoms with Gasteiger partial charge in [0.05, 0.1) is 52.2 Å². The van der Waals surface area contributed by atoms with Crippen LogP contribution < -0.4 is 25.6 Å². The van der Waals surface area contributed by atoms with E-state index in [0.717, 1.165) is 68.7 Å². The molecule has 2 aromatic carbocycles. The van der Waals surface area contributed by atoms with Crippen molar-refractivity contribution in [3.8, 4) is 16.9 Å². The van der Waals surface area contributed by atoms with Crippen molar-refractivity contribution in [1.29, 1.82) is 0 Å². The van der Waals surface area contributed by atoms with Crippen LogP contribution in [-0.4, -0.2) is 100 Å². The van der Waals surface area contributed by atoms with Crippen LogP contribution in [0.15, 0.2) is 59.7 Å². The van der Waals surface area contributed by atoms with Gasteiger partial charge in [-0.05, 0) is 80.2 Å². The van der Waals surface area contributed by atoms with Crippen LogP contribution in [0.1, 0.15) is 25.7 Å². The fraction of sp³-hybridized carbons (Fsp3) is 0.417. The highest BCUT2D eigenvalue weighted by Crippen LogP contribution is 2.43. The van der Waals surface area contributed by atoms with E-state index in [9.17, 15) is 4.57 Å². The van der Waals surface area contributed by atoms with Crippen molar-refractivity contribution in [3.05, 3.63) is 59.7 Å². The average Bonchev–Trinajstić information content (AvgIpc) is 3.56. The number of anilines is 5. The molecular formula is C36H44BrN10O3P. The van der Waals surface area contributed by atoms with Gasteiger partial charge in [-0.15, -0.1) is 0 Å². The van der Waals surface area contributed by atoms with Crippen molar-refractivity contribution < 1.29 is 14.0 Å². The molecule has 0 bridgehead atoms. The van der Waals surface area contributed by atoms with Crippen molar-refractivity contribution in [2.75, 3.05) is 69.2 Å². The number of aromatic nitrogens is 6. The van der Waals surface area contributed by atoms with Crippen LogP contribution in [0.2, 0.25) is 0 Å². The van der Waals surface area contributed by atoms with Crippen LogP contribution in [0, 0.1) is 0 Å². The van der Waals surface area contributed by atoms with E-state index in [1.807, 2.05) is 36.3 Å². The number of aryl methyl sites for hydroxylation is 1. The molecule has 7 rings (SSSR count). The number of ether oxygens (including phenoxy) is 2. The monoisotopic (exact) mass is 774 g/mol. The number of piperidine rings is 2. The second-order valence-electron chi connectivity index (χ2n) is 13.7. The maximum absolute atomic E-state index is 13.5. The van der Waals surface area contributed by atoms with E-state index in [1.54, 1.807) is 39.0 Å². The van der Waals surface area contributed by atoms with Crippen molar-refractivity contribution in [3.63, 3.8) is 0 Å². The summed E-state index contributed by atoms with van der Waals surface area (Å²) >= 11 is 3.60. The fourth-order valence-electron chi connectivity index (χ4n) is 6.95. The van der Waals surface area contributed by atoms with Crippen LogP contribution in [-0.2, 0) is 16.3 Å². The van der Waals surface area contributed by atoms with Crippen molar-refractivity contribution in [1.82, 2.24) is 34.6 Å². The third-order valence-corrected chi connectivity index (χ3v) is 11.7. The summed E-state index contributed by atoms with van der Waals surface area (Å²) in [6.45, 7) is 7.43. The van der Waals surface area contributed by atoms with E-state index in [2.05, 4.69) is 75.6 Å². The summed E-state index contributed by atoms with van der Waals surface area (Å²) in [6, 6.07) is 7.88. The van der Waals surface area contributed by atoms with E-state index in [-0.39, 0.29) is 6.10 Å². The summed E-state index contributed by atoms with van der Waals surface area (Å²) in [5.74, 6) is 1.52. The minimum Gasteiger partial charge on any atom is -0.494 e. The number of halogens is 1. The predicted molar refractivity (Wildman–Crippen MR) is 207 cm³/mol. The summed E-state index contributed by atoms with van der Waals surface area (Å²) in [4.78, 5) is 23.1. The van der Waals surface area contributed by atoms with Crippen LogP contribution >= 0.6 is 23.1 Å². The van der Waals surface area contributed by atoms with E-state index in [1.165, 1.54) is 0 Å². The normalized spacial score (nSPS) is 16.5. The van der Waals surface area contributed by atoms with Gasteiger partial charge in [0.15, 0.2) is 0 Å². The molecule has 0 aliphatic carbocycles. The molecule has 5 heterocycles. The first-order chi connectivity index (χ1) is 24.6. The minimum absolute atomic E-state index is 0.275. The van der Waals surface area contributed by atoms with E-state index in [4.69, 9.17) is 14.5 Å². The number of hydrogen-bond acceptors (Lipinski definition) is 12.